The number of benzene rings is 1. The molecular weight excluding hydrogens is 264 g/mol. The van der Waals surface area contributed by atoms with Gasteiger partial charge in [0.1, 0.15) is 5.75 Å². The molecule has 0 saturated heterocycles. The molecule has 1 heterocycles. The predicted molar refractivity (Wildman–Crippen MR) is 76.4 cm³/mol. The van der Waals surface area contributed by atoms with Gasteiger partial charge in [-0.05, 0) is 43.1 Å². The molecule has 1 N–H and O–H groups in total. The molecule has 0 saturated carbocycles. The first kappa shape index (κ1) is 14.1. The third kappa shape index (κ3) is 3.61. The number of rotatable bonds is 3. The van der Waals surface area contributed by atoms with Crippen molar-refractivity contribution in [3.8, 4) is 5.75 Å². The summed E-state index contributed by atoms with van der Waals surface area (Å²) in [7, 11) is 0.353. The maximum Gasteiger partial charge on any atom is 0.229 e. The molecule has 0 fully saturated rings. The maximum absolute atomic E-state index is 11.4. The second kappa shape index (κ2) is 5.38. The average molecular weight is 284 g/mol. The van der Waals surface area contributed by atoms with E-state index in [1.807, 2.05) is 12.1 Å². The van der Waals surface area contributed by atoms with Crippen LogP contribution in [0.3, 0.4) is 0 Å². The van der Waals surface area contributed by atoms with E-state index in [-0.39, 0.29) is 0 Å². The van der Waals surface area contributed by atoms with Crippen LogP contribution in [-0.4, -0.2) is 46.8 Å². The molecule has 0 atom stereocenters. The highest BCUT2D eigenvalue weighted by atomic mass is 32.2. The highest BCUT2D eigenvalue weighted by Gasteiger charge is 2.16. The Morgan fingerprint density at radius 1 is 1.21 bits per heavy atom. The van der Waals surface area contributed by atoms with Crippen molar-refractivity contribution in [1.82, 2.24) is 4.90 Å². The number of nitrogens with zero attached hydrogens (tertiary/aromatic N) is 1. The second-order valence-electron chi connectivity index (χ2n) is 5.00. The van der Waals surface area contributed by atoms with Gasteiger partial charge in [-0.15, -0.1) is 0 Å². The number of fused-ring (bicyclic) bond motifs is 1. The third-order valence-corrected chi connectivity index (χ3v) is 3.93. The van der Waals surface area contributed by atoms with Gasteiger partial charge in [0, 0.05) is 13.1 Å². The summed E-state index contributed by atoms with van der Waals surface area (Å²) in [5.74, 6) is 0.578. The summed E-state index contributed by atoms with van der Waals surface area (Å²) < 4.78 is 30.6. The molecular formula is C13H20N2O3S. The summed E-state index contributed by atoms with van der Waals surface area (Å²) in [5, 5.41) is 0. The molecule has 0 aliphatic carbocycles. The van der Waals surface area contributed by atoms with E-state index in [9.17, 15) is 8.42 Å². The van der Waals surface area contributed by atoms with Crippen LogP contribution < -0.4 is 9.46 Å². The smallest absolute Gasteiger partial charge is 0.229 e. The van der Waals surface area contributed by atoms with Crippen molar-refractivity contribution in [2.24, 2.45) is 0 Å². The van der Waals surface area contributed by atoms with E-state index >= 15 is 0 Å². The van der Waals surface area contributed by atoms with Crippen molar-refractivity contribution < 1.29 is 13.2 Å². The van der Waals surface area contributed by atoms with Crippen LogP contribution in [-0.2, 0) is 22.9 Å². The molecule has 0 radical (unpaired) electrons. The maximum atomic E-state index is 11.4. The zero-order chi connectivity index (χ0) is 14.0. The van der Waals surface area contributed by atoms with Crippen LogP contribution in [0.25, 0.3) is 0 Å². The molecule has 19 heavy (non-hydrogen) atoms. The number of ether oxygens (including phenoxy) is 1. The Kier molecular flexibility index (Phi) is 4.01. The first-order chi connectivity index (χ1) is 8.89. The van der Waals surface area contributed by atoms with Crippen molar-refractivity contribution in [3.63, 3.8) is 0 Å². The van der Waals surface area contributed by atoms with Crippen LogP contribution in [0.1, 0.15) is 11.1 Å². The fraction of sp³-hybridized carbons (Fsp3) is 0.538. The van der Waals surface area contributed by atoms with Gasteiger partial charge in [-0.3, -0.25) is 4.72 Å². The summed E-state index contributed by atoms with van der Waals surface area (Å²) in [5.41, 5.74) is 2.95. The summed E-state index contributed by atoms with van der Waals surface area (Å²) in [4.78, 5) is 2.27. The van der Waals surface area contributed by atoms with Gasteiger partial charge < -0.3 is 9.64 Å². The summed E-state index contributed by atoms with van der Waals surface area (Å²) in [6, 6.07) is 3.84. The fourth-order valence-electron chi connectivity index (χ4n) is 2.32. The highest BCUT2D eigenvalue weighted by Crippen LogP contribution is 2.31. The number of methoxy groups -OCH3 is 1. The summed E-state index contributed by atoms with van der Waals surface area (Å²) >= 11 is 0. The number of nitrogens with one attached hydrogen (secondary N) is 1. The average Bonchev–Trinajstić information content (AvgIpc) is 2.49. The molecule has 1 aromatic carbocycles. The Morgan fingerprint density at radius 2 is 1.79 bits per heavy atom. The Balaban J connectivity index is 2.40. The zero-order valence-corrected chi connectivity index (χ0v) is 12.4. The van der Waals surface area contributed by atoms with Gasteiger partial charge >= 0.3 is 0 Å². The number of likely N-dealkylation sites (N-methyl/N-ethyl adjacent to an activating group) is 1. The quantitative estimate of drug-likeness (QED) is 0.903. The van der Waals surface area contributed by atoms with E-state index in [1.165, 1.54) is 11.1 Å². The zero-order valence-electron chi connectivity index (χ0n) is 11.6. The SMILES string of the molecule is COc1cc2c(cc1NS(C)(=O)=O)CCN(C)CC2. The van der Waals surface area contributed by atoms with Gasteiger partial charge in [0.15, 0.2) is 0 Å². The van der Waals surface area contributed by atoms with E-state index in [4.69, 9.17) is 4.74 Å². The highest BCUT2D eigenvalue weighted by molar-refractivity contribution is 7.92. The molecule has 106 valence electrons. The first-order valence-electron chi connectivity index (χ1n) is 6.25. The molecule has 1 aliphatic heterocycles. The van der Waals surface area contributed by atoms with Crippen LogP contribution in [0.5, 0.6) is 5.75 Å². The minimum absolute atomic E-state index is 0.522. The Labute approximate surface area is 114 Å². The Morgan fingerprint density at radius 3 is 2.32 bits per heavy atom. The molecule has 2 rings (SSSR count). The van der Waals surface area contributed by atoms with E-state index in [1.54, 1.807) is 7.11 Å². The fourth-order valence-corrected chi connectivity index (χ4v) is 2.87. The Hall–Kier alpha value is -1.27. The van der Waals surface area contributed by atoms with E-state index in [2.05, 4.69) is 16.7 Å². The Bertz CT molecular complexity index is 569. The third-order valence-electron chi connectivity index (χ3n) is 3.34. The van der Waals surface area contributed by atoms with Crippen molar-refractivity contribution in [2.75, 3.05) is 38.2 Å². The lowest BCUT2D eigenvalue weighted by Crippen LogP contribution is -2.20. The van der Waals surface area contributed by atoms with Gasteiger partial charge in [0.25, 0.3) is 0 Å². The van der Waals surface area contributed by atoms with E-state index < -0.39 is 10.0 Å². The number of hydrogen-bond donors (Lipinski definition) is 1. The van der Waals surface area contributed by atoms with Crippen molar-refractivity contribution in [2.45, 2.75) is 12.8 Å². The molecule has 1 aliphatic rings. The van der Waals surface area contributed by atoms with Crippen molar-refractivity contribution >= 4 is 15.7 Å². The van der Waals surface area contributed by atoms with Crippen LogP contribution >= 0.6 is 0 Å². The van der Waals surface area contributed by atoms with Crippen LogP contribution in [0.15, 0.2) is 12.1 Å². The van der Waals surface area contributed by atoms with Gasteiger partial charge in [-0.1, -0.05) is 0 Å². The lowest BCUT2D eigenvalue weighted by Gasteiger charge is -2.14. The summed E-state index contributed by atoms with van der Waals surface area (Å²) in [6.07, 6.45) is 3.03. The molecule has 0 bridgehead atoms. The minimum Gasteiger partial charge on any atom is -0.495 e. The second-order valence-corrected chi connectivity index (χ2v) is 6.75. The minimum atomic E-state index is -3.30. The van der Waals surface area contributed by atoms with Crippen LogP contribution in [0.2, 0.25) is 0 Å². The molecule has 0 aromatic heterocycles. The largest absolute Gasteiger partial charge is 0.495 e. The van der Waals surface area contributed by atoms with Gasteiger partial charge in [0.05, 0.1) is 19.1 Å². The van der Waals surface area contributed by atoms with Gasteiger partial charge in [-0.2, -0.15) is 0 Å². The molecule has 0 spiro atoms. The van der Waals surface area contributed by atoms with Crippen molar-refractivity contribution in [1.29, 1.82) is 0 Å². The first-order valence-corrected chi connectivity index (χ1v) is 8.14. The lowest BCUT2D eigenvalue weighted by molar-refractivity contribution is 0.352. The van der Waals surface area contributed by atoms with Crippen molar-refractivity contribution in [3.05, 3.63) is 23.3 Å². The normalized spacial score (nSPS) is 16.6. The molecule has 0 unspecified atom stereocenters. The molecule has 0 amide bonds. The van der Waals surface area contributed by atoms with E-state index in [0.29, 0.717) is 11.4 Å². The number of sulfonamides is 1. The van der Waals surface area contributed by atoms with Crippen LogP contribution in [0, 0.1) is 0 Å². The number of hydrogen-bond acceptors (Lipinski definition) is 4. The monoisotopic (exact) mass is 284 g/mol. The predicted octanol–water partition coefficient (Wildman–Crippen LogP) is 1.10. The topological polar surface area (TPSA) is 58.6 Å². The van der Waals surface area contributed by atoms with E-state index in [0.717, 1.165) is 32.2 Å². The number of anilines is 1. The van der Waals surface area contributed by atoms with Crippen LogP contribution in [0.4, 0.5) is 5.69 Å². The summed E-state index contributed by atoms with van der Waals surface area (Å²) in [6.45, 7) is 1.99. The lowest BCUT2D eigenvalue weighted by atomic mass is 10.0. The van der Waals surface area contributed by atoms with Gasteiger partial charge in [0.2, 0.25) is 10.0 Å². The molecule has 1 aromatic rings. The molecule has 5 nitrogen and oxygen atoms in total. The van der Waals surface area contributed by atoms with Gasteiger partial charge in [-0.25, -0.2) is 8.42 Å². The standard InChI is InChI=1S/C13H20N2O3S/c1-15-6-4-10-8-12(14-19(3,16)17)13(18-2)9-11(10)5-7-15/h8-9,14H,4-7H2,1-3H3. The molecule has 6 heteroatoms.